The molecule has 2 bridgehead atoms. The molecule has 0 aliphatic heterocycles. The number of aryl methyl sites for hydroxylation is 1. The van der Waals surface area contributed by atoms with Crippen molar-refractivity contribution in [1.82, 2.24) is 5.43 Å². The highest BCUT2D eigenvalue weighted by Crippen LogP contribution is 2.42. The highest BCUT2D eigenvalue weighted by molar-refractivity contribution is 5.97. The molecular formula is C13H16N2O2. The lowest BCUT2D eigenvalue weighted by atomic mass is 9.99. The number of nitrogens with one attached hydrogen (secondary N) is 1. The zero-order chi connectivity index (χ0) is 11.8. The van der Waals surface area contributed by atoms with Gasteiger partial charge in [0.05, 0.1) is 11.8 Å². The zero-order valence-corrected chi connectivity index (χ0v) is 9.90. The van der Waals surface area contributed by atoms with E-state index < -0.39 is 0 Å². The van der Waals surface area contributed by atoms with Crippen LogP contribution in [0.1, 0.15) is 41.8 Å². The van der Waals surface area contributed by atoms with E-state index in [9.17, 15) is 4.79 Å². The van der Waals surface area contributed by atoms with Gasteiger partial charge >= 0.3 is 0 Å². The summed E-state index contributed by atoms with van der Waals surface area (Å²) in [6.45, 7) is 1.78. The van der Waals surface area contributed by atoms with Crippen molar-refractivity contribution in [2.24, 2.45) is 16.9 Å². The molecule has 0 aromatic carbocycles. The topological polar surface area (TPSA) is 54.6 Å². The summed E-state index contributed by atoms with van der Waals surface area (Å²) < 4.78 is 5.10. The summed E-state index contributed by atoms with van der Waals surface area (Å²) in [6.07, 6.45) is 6.42. The van der Waals surface area contributed by atoms with Gasteiger partial charge in [-0.1, -0.05) is 0 Å². The van der Waals surface area contributed by atoms with Crippen molar-refractivity contribution in [3.05, 3.63) is 23.7 Å². The lowest BCUT2D eigenvalue weighted by Gasteiger charge is -2.11. The zero-order valence-electron chi connectivity index (χ0n) is 9.90. The van der Waals surface area contributed by atoms with Gasteiger partial charge in [0.15, 0.2) is 0 Å². The van der Waals surface area contributed by atoms with Crippen LogP contribution in [0.2, 0.25) is 0 Å². The molecule has 2 saturated carbocycles. The van der Waals surface area contributed by atoms with Crippen molar-refractivity contribution in [2.45, 2.75) is 32.6 Å². The molecule has 4 nitrogen and oxygen atoms in total. The minimum Gasteiger partial charge on any atom is -0.469 e. The molecule has 3 rings (SSSR count). The van der Waals surface area contributed by atoms with E-state index >= 15 is 0 Å². The maximum atomic E-state index is 11.8. The number of hydrogen-bond donors (Lipinski definition) is 1. The van der Waals surface area contributed by atoms with Crippen LogP contribution in [0.5, 0.6) is 0 Å². The van der Waals surface area contributed by atoms with E-state index in [0.717, 1.165) is 12.3 Å². The lowest BCUT2D eigenvalue weighted by molar-refractivity contribution is 0.0953. The summed E-state index contributed by atoms with van der Waals surface area (Å²) >= 11 is 0. The number of carbonyl (C=O) groups excluding carboxylic acids is 1. The van der Waals surface area contributed by atoms with Crippen LogP contribution < -0.4 is 5.43 Å². The van der Waals surface area contributed by atoms with E-state index in [1.54, 1.807) is 13.0 Å². The SMILES string of the molecule is Cc1occc1C(=O)N/N=C1/CC2CCC1C2. The van der Waals surface area contributed by atoms with E-state index in [-0.39, 0.29) is 5.91 Å². The molecule has 2 fully saturated rings. The Hall–Kier alpha value is -1.58. The summed E-state index contributed by atoms with van der Waals surface area (Å²) in [6, 6.07) is 1.67. The number of hydrogen-bond acceptors (Lipinski definition) is 3. The summed E-state index contributed by atoms with van der Waals surface area (Å²) in [4.78, 5) is 11.8. The van der Waals surface area contributed by atoms with Gasteiger partial charge in [0, 0.05) is 5.71 Å². The average molecular weight is 232 g/mol. The molecule has 2 unspecified atom stereocenters. The predicted octanol–water partition coefficient (Wildman–Crippen LogP) is 2.49. The van der Waals surface area contributed by atoms with Crippen LogP contribution in [0.4, 0.5) is 0 Å². The number of fused-ring (bicyclic) bond motifs is 2. The van der Waals surface area contributed by atoms with Gasteiger partial charge in [-0.05, 0) is 50.5 Å². The Bertz CT molecular complexity index is 476. The van der Waals surface area contributed by atoms with Gasteiger partial charge in [0.2, 0.25) is 0 Å². The molecule has 90 valence electrons. The van der Waals surface area contributed by atoms with Crippen molar-refractivity contribution in [3.8, 4) is 0 Å². The van der Waals surface area contributed by atoms with E-state index in [2.05, 4.69) is 10.5 Å². The Morgan fingerprint density at radius 3 is 3.00 bits per heavy atom. The van der Waals surface area contributed by atoms with Gasteiger partial charge in [-0.25, -0.2) is 5.43 Å². The van der Waals surface area contributed by atoms with Crippen molar-refractivity contribution >= 4 is 11.6 Å². The van der Waals surface area contributed by atoms with Gasteiger partial charge in [-0.15, -0.1) is 0 Å². The van der Waals surface area contributed by atoms with E-state index in [1.165, 1.54) is 31.2 Å². The fourth-order valence-electron chi connectivity index (χ4n) is 2.97. The standard InChI is InChI=1S/C13H16N2O2/c1-8-11(4-5-17-8)13(16)15-14-12-7-9-2-3-10(12)6-9/h4-5,9-10H,2-3,6-7H2,1H3,(H,15,16)/b14-12-. The molecule has 4 heteroatoms. The second-order valence-corrected chi connectivity index (χ2v) is 5.01. The monoisotopic (exact) mass is 232 g/mol. The Kier molecular flexibility index (Phi) is 2.50. The molecule has 0 saturated heterocycles. The second-order valence-electron chi connectivity index (χ2n) is 5.01. The highest BCUT2D eigenvalue weighted by Gasteiger charge is 2.36. The number of furan rings is 1. The number of amides is 1. The Labute approximate surface area is 100 Å². The van der Waals surface area contributed by atoms with Gasteiger partial charge in [-0.2, -0.15) is 5.10 Å². The average Bonchev–Trinajstić information content (AvgIpc) is 3.01. The van der Waals surface area contributed by atoms with E-state index in [0.29, 0.717) is 17.2 Å². The first-order valence-corrected chi connectivity index (χ1v) is 6.15. The summed E-state index contributed by atoms with van der Waals surface area (Å²) in [7, 11) is 0. The van der Waals surface area contributed by atoms with Crippen LogP contribution in [0.15, 0.2) is 21.8 Å². The van der Waals surface area contributed by atoms with E-state index in [1.807, 2.05) is 0 Å². The maximum Gasteiger partial charge on any atom is 0.274 e. The normalized spacial score (nSPS) is 28.9. The van der Waals surface area contributed by atoms with Gasteiger partial charge in [0.1, 0.15) is 5.76 Å². The smallest absolute Gasteiger partial charge is 0.274 e. The summed E-state index contributed by atoms with van der Waals surface area (Å²) in [5.74, 6) is 1.89. The van der Waals surface area contributed by atoms with Crippen molar-refractivity contribution in [3.63, 3.8) is 0 Å². The first kappa shape index (κ1) is 10.6. The molecule has 2 atom stereocenters. The quantitative estimate of drug-likeness (QED) is 0.796. The molecule has 1 N–H and O–H groups in total. The lowest BCUT2D eigenvalue weighted by Crippen LogP contribution is -2.22. The second kappa shape index (κ2) is 4.02. The molecule has 0 spiro atoms. The number of hydrazone groups is 1. The van der Waals surface area contributed by atoms with Crippen LogP contribution in [0, 0.1) is 18.8 Å². The Morgan fingerprint density at radius 1 is 1.53 bits per heavy atom. The van der Waals surface area contributed by atoms with Crippen LogP contribution in [-0.4, -0.2) is 11.6 Å². The van der Waals surface area contributed by atoms with Crippen LogP contribution in [0.3, 0.4) is 0 Å². The minimum absolute atomic E-state index is 0.175. The number of nitrogens with zero attached hydrogens (tertiary/aromatic N) is 1. The summed E-state index contributed by atoms with van der Waals surface area (Å²) in [5.41, 5.74) is 4.39. The van der Waals surface area contributed by atoms with Gasteiger partial charge in [0.25, 0.3) is 5.91 Å². The molecule has 2 aliphatic carbocycles. The minimum atomic E-state index is -0.175. The summed E-state index contributed by atoms with van der Waals surface area (Å²) in [5, 5.41) is 4.28. The molecule has 1 heterocycles. The van der Waals surface area contributed by atoms with Crippen molar-refractivity contribution in [1.29, 1.82) is 0 Å². The van der Waals surface area contributed by atoms with Crippen LogP contribution in [-0.2, 0) is 0 Å². The molecule has 17 heavy (non-hydrogen) atoms. The third-order valence-corrected chi connectivity index (χ3v) is 3.91. The van der Waals surface area contributed by atoms with Crippen LogP contribution in [0.25, 0.3) is 0 Å². The molecule has 1 aromatic heterocycles. The largest absolute Gasteiger partial charge is 0.469 e. The fourth-order valence-corrected chi connectivity index (χ4v) is 2.97. The van der Waals surface area contributed by atoms with Gasteiger partial charge < -0.3 is 4.42 Å². The predicted molar refractivity (Wildman–Crippen MR) is 63.8 cm³/mol. The number of carbonyl (C=O) groups is 1. The highest BCUT2D eigenvalue weighted by atomic mass is 16.3. The molecule has 0 radical (unpaired) electrons. The molecule has 1 amide bonds. The third-order valence-electron chi connectivity index (χ3n) is 3.91. The fraction of sp³-hybridized carbons (Fsp3) is 0.538. The third kappa shape index (κ3) is 1.88. The van der Waals surface area contributed by atoms with E-state index in [4.69, 9.17) is 4.42 Å². The van der Waals surface area contributed by atoms with Crippen molar-refractivity contribution < 1.29 is 9.21 Å². The first-order chi connectivity index (χ1) is 8.24. The first-order valence-electron chi connectivity index (χ1n) is 6.15. The van der Waals surface area contributed by atoms with Gasteiger partial charge in [-0.3, -0.25) is 4.79 Å². The maximum absolute atomic E-state index is 11.8. The Morgan fingerprint density at radius 2 is 2.41 bits per heavy atom. The number of rotatable bonds is 2. The van der Waals surface area contributed by atoms with Crippen molar-refractivity contribution in [2.75, 3.05) is 0 Å². The molecular weight excluding hydrogens is 216 g/mol. The molecule has 2 aliphatic rings. The van der Waals surface area contributed by atoms with Crippen LogP contribution >= 0.6 is 0 Å². The Balaban J connectivity index is 1.67. The molecule has 1 aromatic rings.